The Labute approximate surface area is 186 Å². The standard InChI is InChI=1S/C25H25N5O2/c1-17-13-21(23-24(27-17)30-12-4-2-3-10-22(30)29-23)25(31)28-19-8-5-9-20(14-19)32-16-18-7-6-11-26-15-18/h5-9,11,13-15H,2-4,10,12,16H2,1H3,(H,28,31). The molecule has 0 unspecified atom stereocenters. The topological polar surface area (TPSA) is 81.9 Å². The van der Waals surface area contributed by atoms with E-state index in [0.717, 1.165) is 48.5 Å². The summed E-state index contributed by atoms with van der Waals surface area (Å²) in [6.07, 6.45) is 7.86. The average molecular weight is 428 g/mol. The van der Waals surface area contributed by atoms with E-state index in [1.54, 1.807) is 12.4 Å². The molecule has 1 aromatic carbocycles. The van der Waals surface area contributed by atoms with Gasteiger partial charge in [0.15, 0.2) is 5.65 Å². The lowest BCUT2D eigenvalue weighted by atomic mass is 10.1. The summed E-state index contributed by atoms with van der Waals surface area (Å²) in [5.74, 6) is 1.50. The molecule has 162 valence electrons. The van der Waals surface area contributed by atoms with Gasteiger partial charge >= 0.3 is 0 Å². The van der Waals surface area contributed by atoms with Crippen LogP contribution in [0.25, 0.3) is 11.2 Å². The van der Waals surface area contributed by atoms with Gasteiger partial charge in [-0.25, -0.2) is 9.97 Å². The molecule has 1 aliphatic heterocycles. The van der Waals surface area contributed by atoms with Crippen LogP contribution in [-0.4, -0.2) is 25.4 Å². The largest absolute Gasteiger partial charge is 0.489 e. The summed E-state index contributed by atoms with van der Waals surface area (Å²) in [6, 6.07) is 13.1. The van der Waals surface area contributed by atoms with Crippen LogP contribution in [-0.2, 0) is 19.6 Å². The van der Waals surface area contributed by atoms with E-state index in [4.69, 9.17) is 14.7 Å². The number of carbonyl (C=O) groups excluding carboxylic acids is 1. The molecule has 1 amide bonds. The molecule has 0 saturated heterocycles. The fraction of sp³-hybridized carbons (Fsp3) is 0.280. The Bertz CT molecular complexity index is 1270. The van der Waals surface area contributed by atoms with Crippen LogP contribution in [0.1, 0.15) is 46.7 Å². The second-order valence-electron chi connectivity index (χ2n) is 8.11. The molecular formula is C25H25N5O2. The molecule has 1 N–H and O–H groups in total. The van der Waals surface area contributed by atoms with Gasteiger partial charge in [0.2, 0.25) is 0 Å². The van der Waals surface area contributed by atoms with Crippen LogP contribution in [0.4, 0.5) is 5.69 Å². The van der Waals surface area contributed by atoms with Crippen LogP contribution in [0.15, 0.2) is 54.9 Å². The van der Waals surface area contributed by atoms with Crippen LogP contribution < -0.4 is 10.1 Å². The van der Waals surface area contributed by atoms with Crippen molar-refractivity contribution in [1.29, 1.82) is 0 Å². The molecule has 3 aromatic heterocycles. The van der Waals surface area contributed by atoms with E-state index in [-0.39, 0.29) is 5.91 Å². The lowest BCUT2D eigenvalue weighted by Crippen LogP contribution is -2.13. The van der Waals surface area contributed by atoms with Gasteiger partial charge in [0.05, 0.1) is 5.56 Å². The molecule has 0 fully saturated rings. The van der Waals surface area contributed by atoms with Crippen LogP contribution in [0.5, 0.6) is 5.75 Å². The quantitative estimate of drug-likeness (QED) is 0.500. The summed E-state index contributed by atoms with van der Waals surface area (Å²) < 4.78 is 8.04. The Kier molecular flexibility index (Phi) is 5.54. The highest BCUT2D eigenvalue weighted by atomic mass is 16.5. The van der Waals surface area contributed by atoms with Gasteiger partial charge in [-0.05, 0) is 44.0 Å². The number of hydrogen-bond donors (Lipinski definition) is 1. The minimum Gasteiger partial charge on any atom is -0.489 e. The number of imidazole rings is 1. The summed E-state index contributed by atoms with van der Waals surface area (Å²) in [4.78, 5) is 26.8. The molecule has 0 bridgehead atoms. The van der Waals surface area contributed by atoms with Gasteiger partial charge in [0, 0.05) is 48.4 Å². The van der Waals surface area contributed by atoms with Crippen molar-refractivity contribution in [2.45, 2.75) is 45.8 Å². The van der Waals surface area contributed by atoms with E-state index in [2.05, 4.69) is 14.9 Å². The SMILES string of the molecule is Cc1cc(C(=O)Nc2cccc(OCc3cccnc3)c2)c2nc3n(c2n1)CCCCC3. The molecule has 5 rings (SSSR count). The third kappa shape index (κ3) is 4.19. The highest BCUT2D eigenvalue weighted by molar-refractivity contribution is 6.11. The van der Waals surface area contributed by atoms with E-state index in [0.29, 0.717) is 29.1 Å². The number of benzene rings is 1. The number of aryl methyl sites for hydroxylation is 3. The van der Waals surface area contributed by atoms with Gasteiger partial charge in [-0.15, -0.1) is 0 Å². The van der Waals surface area contributed by atoms with E-state index < -0.39 is 0 Å². The van der Waals surface area contributed by atoms with Crippen molar-refractivity contribution >= 4 is 22.8 Å². The molecule has 0 saturated carbocycles. The smallest absolute Gasteiger partial charge is 0.258 e. The number of anilines is 1. The van der Waals surface area contributed by atoms with Crippen LogP contribution in [0.3, 0.4) is 0 Å². The first-order valence-corrected chi connectivity index (χ1v) is 11.0. The number of nitrogens with zero attached hydrogens (tertiary/aromatic N) is 4. The molecule has 0 radical (unpaired) electrons. The summed E-state index contributed by atoms with van der Waals surface area (Å²) in [6.45, 7) is 3.23. The summed E-state index contributed by atoms with van der Waals surface area (Å²) in [5.41, 5.74) is 4.49. The maximum Gasteiger partial charge on any atom is 0.258 e. The number of aromatic nitrogens is 4. The predicted octanol–water partition coefficient (Wildman–Crippen LogP) is 4.69. The van der Waals surface area contributed by atoms with E-state index >= 15 is 0 Å². The molecule has 0 atom stereocenters. The Balaban J connectivity index is 1.38. The normalized spacial score (nSPS) is 13.4. The number of ether oxygens (including phenoxy) is 1. The molecule has 4 aromatic rings. The summed E-state index contributed by atoms with van der Waals surface area (Å²) in [5, 5.41) is 3.00. The number of fused-ring (bicyclic) bond motifs is 3. The zero-order valence-corrected chi connectivity index (χ0v) is 18.0. The van der Waals surface area contributed by atoms with E-state index in [1.165, 1.54) is 6.42 Å². The van der Waals surface area contributed by atoms with Gasteiger partial charge in [0.1, 0.15) is 23.7 Å². The van der Waals surface area contributed by atoms with Crippen LogP contribution in [0, 0.1) is 6.92 Å². The van der Waals surface area contributed by atoms with Crippen molar-refractivity contribution in [3.05, 3.63) is 77.5 Å². The maximum absolute atomic E-state index is 13.2. The third-order valence-corrected chi connectivity index (χ3v) is 5.66. The number of carbonyl (C=O) groups is 1. The molecule has 7 heteroatoms. The number of rotatable bonds is 5. The Morgan fingerprint density at radius 1 is 1.12 bits per heavy atom. The zero-order valence-electron chi connectivity index (χ0n) is 18.0. The highest BCUT2D eigenvalue weighted by Crippen LogP contribution is 2.25. The first kappa shape index (κ1) is 20.2. The Morgan fingerprint density at radius 3 is 2.94 bits per heavy atom. The Hall–Kier alpha value is -3.74. The van der Waals surface area contributed by atoms with Crippen LogP contribution >= 0.6 is 0 Å². The molecule has 1 aliphatic rings. The monoisotopic (exact) mass is 427 g/mol. The minimum absolute atomic E-state index is 0.196. The van der Waals surface area contributed by atoms with Gasteiger partial charge in [-0.1, -0.05) is 18.6 Å². The average Bonchev–Trinajstić information content (AvgIpc) is 2.98. The van der Waals surface area contributed by atoms with Crippen molar-refractivity contribution in [3.63, 3.8) is 0 Å². The lowest BCUT2D eigenvalue weighted by molar-refractivity contribution is 0.102. The molecule has 4 heterocycles. The van der Waals surface area contributed by atoms with Gasteiger partial charge in [-0.3, -0.25) is 9.78 Å². The lowest BCUT2D eigenvalue weighted by Gasteiger charge is -2.10. The zero-order chi connectivity index (χ0) is 21.9. The second-order valence-corrected chi connectivity index (χ2v) is 8.11. The summed E-state index contributed by atoms with van der Waals surface area (Å²) in [7, 11) is 0. The maximum atomic E-state index is 13.2. The Morgan fingerprint density at radius 2 is 2.06 bits per heavy atom. The third-order valence-electron chi connectivity index (χ3n) is 5.66. The second kappa shape index (κ2) is 8.78. The van der Waals surface area contributed by atoms with Crippen LogP contribution in [0.2, 0.25) is 0 Å². The van der Waals surface area contributed by atoms with Crippen molar-refractivity contribution in [2.75, 3.05) is 5.32 Å². The van der Waals surface area contributed by atoms with E-state index in [9.17, 15) is 4.79 Å². The van der Waals surface area contributed by atoms with Gasteiger partial charge < -0.3 is 14.6 Å². The van der Waals surface area contributed by atoms with Crippen molar-refractivity contribution in [2.24, 2.45) is 0 Å². The summed E-state index contributed by atoms with van der Waals surface area (Å²) >= 11 is 0. The molecule has 0 spiro atoms. The molecular weight excluding hydrogens is 402 g/mol. The molecule has 7 nitrogen and oxygen atoms in total. The first-order valence-electron chi connectivity index (χ1n) is 11.0. The fourth-order valence-corrected chi connectivity index (χ4v) is 4.10. The minimum atomic E-state index is -0.196. The first-order chi connectivity index (χ1) is 15.7. The highest BCUT2D eigenvalue weighted by Gasteiger charge is 2.21. The predicted molar refractivity (Wildman–Crippen MR) is 123 cm³/mol. The fourth-order valence-electron chi connectivity index (χ4n) is 4.10. The van der Waals surface area contributed by atoms with Crippen molar-refractivity contribution < 1.29 is 9.53 Å². The molecule has 0 aliphatic carbocycles. The van der Waals surface area contributed by atoms with Crippen molar-refractivity contribution in [3.8, 4) is 5.75 Å². The van der Waals surface area contributed by atoms with Gasteiger partial charge in [-0.2, -0.15) is 0 Å². The number of pyridine rings is 2. The van der Waals surface area contributed by atoms with Gasteiger partial charge in [0.25, 0.3) is 5.91 Å². The van der Waals surface area contributed by atoms with Crippen molar-refractivity contribution in [1.82, 2.24) is 19.5 Å². The molecule has 32 heavy (non-hydrogen) atoms. The number of hydrogen-bond acceptors (Lipinski definition) is 5. The van der Waals surface area contributed by atoms with E-state index in [1.807, 2.05) is 49.4 Å². The number of nitrogens with one attached hydrogen (secondary N) is 1. The number of amides is 1.